The van der Waals surface area contributed by atoms with Crippen molar-refractivity contribution in [3.05, 3.63) is 35.4 Å². The number of aryl methyl sites for hydroxylation is 1. The molecule has 1 aliphatic carbocycles. The molecule has 1 N–H and O–H groups in total. The lowest BCUT2D eigenvalue weighted by Crippen LogP contribution is -2.43. The third-order valence-electron chi connectivity index (χ3n) is 4.49. The van der Waals surface area contributed by atoms with Crippen LogP contribution in [0.1, 0.15) is 42.7 Å². The molecular formula is C16H19NO3. The molecule has 0 spiro atoms. The standard InChI is InChI=1S/C16H19NO3/c18-15(17-10-4-9-14(17)16(19)20)13-8-3-6-11-5-1-2-7-12(11)13/h1-2,5,7,13-14H,3-4,6,8-10H2,(H,19,20)/t13-,14+/m1/s1. The summed E-state index contributed by atoms with van der Waals surface area (Å²) in [5.41, 5.74) is 2.34. The van der Waals surface area contributed by atoms with Crippen molar-refractivity contribution in [2.45, 2.75) is 44.1 Å². The molecule has 20 heavy (non-hydrogen) atoms. The van der Waals surface area contributed by atoms with Crippen LogP contribution < -0.4 is 0 Å². The molecule has 0 unspecified atom stereocenters. The summed E-state index contributed by atoms with van der Waals surface area (Å²) in [5, 5.41) is 9.23. The topological polar surface area (TPSA) is 57.6 Å². The van der Waals surface area contributed by atoms with Crippen LogP contribution in [0.3, 0.4) is 0 Å². The number of hydrogen-bond acceptors (Lipinski definition) is 2. The van der Waals surface area contributed by atoms with Crippen molar-refractivity contribution in [1.82, 2.24) is 4.90 Å². The van der Waals surface area contributed by atoms with Gasteiger partial charge in [0.05, 0.1) is 5.92 Å². The van der Waals surface area contributed by atoms with Gasteiger partial charge in [0.2, 0.25) is 5.91 Å². The molecule has 2 aliphatic rings. The lowest BCUT2D eigenvalue weighted by atomic mass is 9.82. The maximum Gasteiger partial charge on any atom is 0.326 e. The van der Waals surface area contributed by atoms with Crippen LogP contribution in [0.4, 0.5) is 0 Å². The number of carboxylic acids is 1. The summed E-state index contributed by atoms with van der Waals surface area (Å²) < 4.78 is 0. The van der Waals surface area contributed by atoms with Crippen LogP contribution in [0.2, 0.25) is 0 Å². The SMILES string of the molecule is O=C(O)[C@@H]1CCCN1C(=O)[C@@H]1CCCc2ccccc21. The minimum absolute atomic E-state index is 0.00190. The zero-order valence-electron chi connectivity index (χ0n) is 11.4. The highest BCUT2D eigenvalue weighted by molar-refractivity contribution is 5.89. The van der Waals surface area contributed by atoms with Gasteiger partial charge in [-0.05, 0) is 43.2 Å². The summed E-state index contributed by atoms with van der Waals surface area (Å²) >= 11 is 0. The molecule has 1 saturated heterocycles. The second-order valence-electron chi connectivity index (χ2n) is 5.67. The third kappa shape index (κ3) is 2.19. The molecule has 1 fully saturated rings. The second-order valence-corrected chi connectivity index (χ2v) is 5.67. The summed E-state index contributed by atoms with van der Waals surface area (Å²) in [6.07, 6.45) is 4.21. The molecule has 0 aromatic heterocycles. The molecule has 106 valence electrons. The Hall–Kier alpha value is -1.84. The van der Waals surface area contributed by atoms with Crippen molar-refractivity contribution in [1.29, 1.82) is 0 Å². The normalized spacial score (nSPS) is 25.3. The van der Waals surface area contributed by atoms with Crippen molar-refractivity contribution in [2.24, 2.45) is 0 Å². The van der Waals surface area contributed by atoms with E-state index in [0.29, 0.717) is 13.0 Å². The molecule has 1 heterocycles. The Bertz CT molecular complexity index is 540. The molecule has 4 heteroatoms. The zero-order valence-corrected chi connectivity index (χ0v) is 11.4. The first-order valence-electron chi connectivity index (χ1n) is 7.29. The minimum atomic E-state index is -0.875. The number of nitrogens with zero attached hydrogens (tertiary/aromatic N) is 1. The quantitative estimate of drug-likeness (QED) is 0.898. The highest BCUT2D eigenvalue weighted by Gasteiger charge is 2.38. The van der Waals surface area contributed by atoms with E-state index >= 15 is 0 Å². The number of fused-ring (bicyclic) bond motifs is 1. The first-order chi connectivity index (χ1) is 9.68. The number of carbonyl (C=O) groups excluding carboxylic acids is 1. The van der Waals surface area contributed by atoms with Crippen LogP contribution in [-0.4, -0.2) is 34.5 Å². The molecule has 3 rings (SSSR count). The summed E-state index contributed by atoms with van der Waals surface area (Å²) in [6.45, 7) is 0.578. The fourth-order valence-electron chi connectivity index (χ4n) is 3.50. The maximum atomic E-state index is 12.7. The number of rotatable bonds is 2. The molecule has 0 radical (unpaired) electrons. The van der Waals surface area contributed by atoms with Gasteiger partial charge in [0.1, 0.15) is 6.04 Å². The Morgan fingerprint density at radius 2 is 1.95 bits per heavy atom. The van der Waals surface area contributed by atoms with Gasteiger partial charge in [0, 0.05) is 6.54 Å². The summed E-state index contributed by atoms with van der Waals surface area (Å²) in [6, 6.07) is 7.43. The molecule has 4 nitrogen and oxygen atoms in total. The van der Waals surface area contributed by atoms with Gasteiger partial charge < -0.3 is 10.0 Å². The van der Waals surface area contributed by atoms with E-state index in [0.717, 1.165) is 31.2 Å². The first-order valence-corrected chi connectivity index (χ1v) is 7.29. The largest absolute Gasteiger partial charge is 0.480 e. The molecule has 1 amide bonds. The maximum absolute atomic E-state index is 12.7. The van der Waals surface area contributed by atoms with Crippen LogP contribution in [0, 0.1) is 0 Å². The predicted octanol–water partition coefficient (Wildman–Crippen LogP) is 2.18. The zero-order chi connectivity index (χ0) is 14.1. The number of amides is 1. The van der Waals surface area contributed by atoms with Gasteiger partial charge in [0.15, 0.2) is 0 Å². The Labute approximate surface area is 118 Å². The van der Waals surface area contributed by atoms with Gasteiger partial charge >= 0.3 is 5.97 Å². The molecule has 0 bridgehead atoms. The third-order valence-corrected chi connectivity index (χ3v) is 4.49. The van der Waals surface area contributed by atoms with Gasteiger partial charge in [-0.2, -0.15) is 0 Å². The van der Waals surface area contributed by atoms with Crippen molar-refractivity contribution in [2.75, 3.05) is 6.54 Å². The smallest absolute Gasteiger partial charge is 0.326 e. The average Bonchev–Trinajstić information content (AvgIpc) is 2.95. The number of aliphatic carboxylic acids is 1. The Balaban J connectivity index is 1.87. The fraction of sp³-hybridized carbons (Fsp3) is 0.500. The molecule has 0 saturated carbocycles. The van der Waals surface area contributed by atoms with E-state index in [2.05, 4.69) is 6.07 Å². The van der Waals surface area contributed by atoms with Crippen LogP contribution in [0.5, 0.6) is 0 Å². The van der Waals surface area contributed by atoms with Gasteiger partial charge in [-0.15, -0.1) is 0 Å². The number of hydrogen-bond donors (Lipinski definition) is 1. The van der Waals surface area contributed by atoms with E-state index in [1.165, 1.54) is 5.56 Å². The second kappa shape index (κ2) is 5.27. The van der Waals surface area contributed by atoms with E-state index < -0.39 is 12.0 Å². The average molecular weight is 273 g/mol. The first kappa shape index (κ1) is 13.2. The van der Waals surface area contributed by atoms with E-state index in [9.17, 15) is 14.7 Å². The monoisotopic (exact) mass is 273 g/mol. The number of benzene rings is 1. The highest BCUT2D eigenvalue weighted by atomic mass is 16.4. The van der Waals surface area contributed by atoms with Crippen molar-refractivity contribution in [3.8, 4) is 0 Å². The lowest BCUT2D eigenvalue weighted by Gasteiger charge is -2.30. The summed E-state index contributed by atoms with van der Waals surface area (Å²) in [5.74, 6) is -1.03. The van der Waals surface area contributed by atoms with Crippen LogP contribution in [-0.2, 0) is 16.0 Å². The Morgan fingerprint density at radius 1 is 1.15 bits per heavy atom. The van der Waals surface area contributed by atoms with Crippen molar-refractivity contribution < 1.29 is 14.7 Å². The molecule has 1 aromatic carbocycles. The minimum Gasteiger partial charge on any atom is -0.480 e. The highest BCUT2D eigenvalue weighted by Crippen LogP contribution is 2.34. The lowest BCUT2D eigenvalue weighted by molar-refractivity contribution is -0.148. The molecule has 2 atom stereocenters. The summed E-state index contributed by atoms with van der Waals surface area (Å²) in [4.78, 5) is 25.6. The number of carboxylic acid groups (broad SMARTS) is 1. The Kier molecular flexibility index (Phi) is 3.47. The van der Waals surface area contributed by atoms with Gasteiger partial charge in [-0.1, -0.05) is 24.3 Å². The van der Waals surface area contributed by atoms with Crippen LogP contribution in [0.25, 0.3) is 0 Å². The van der Waals surface area contributed by atoms with Crippen LogP contribution >= 0.6 is 0 Å². The molecule has 1 aromatic rings. The number of likely N-dealkylation sites (tertiary alicyclic amines) is 1. The van der Waals surface area contributed by atoms with Crippen molar-refractivity contribution >= 4 is 11.9 Å². The number of carbonyl (C=O) groups is 2. The van der Waals surface area contributed by atoms with E-state index in [-0.39, 0.29) is 11.8 Å². The van der Waals surface area contributed by atoms with E-state index in [1.54, 1.807) is 4.90 Å². The van der Waals surface area contributed by atoms with Gasteiger partial charge in [-0.3, -0.25) is 4.79 Å². The van der Waals surface area contributed by atoms with Gasteiger partial charge in [0.25, 0.3) is 0 Å². The predicted molar refractivity (Wildman–Crippen MR) is 74.5 cm³/mol. The fourth-order valence-corrected chi connectivity index (χ4v) is 3.50. The Morgan fingerprint density at radius 3 is 2.75 bits per heavy atom. The molecule has 1 aliphatic heterocycles. The van der Waals surface area contributed by atoms with E-state index in [4.69, 9.17) is 0 Å². The molecular weight excluding hydrogens is 254 g/mol. The summed E-state index contributed by atoms with van der Waals surface area (Å²) in [7, 11) is 0. The van der Waals surface area contributed by atoms with Crippen molar-refractivity contribution in [3.63, 3.8) is 0 Å². The van der Waals surface area contributed by atoms with Gasteiger partial charge in [-0.25, -0.2) is 4.79 Å². The van der Waals surface area contributed by atoms with Crippen LogP contribution in [0.15, 0.2) is 24.3 Å². The van der Waals surface area contributed by atoms with E-state index in [1.807, 2.05) is 18.2 Å².